The molecule has 0 aliphatic carbocycles. The summed E-state index contributed by atoms with van der Waals surface area (Å²) < 4.78 is 70.5. The Labute approximate surface area is 144 Å². The standard InChI is InChI=1S/C16H13F5N4O/c1-8(10-3-4-11(17)12(18)7-10)14-22-15(26-24-14)9(2)25-6-5-13(23-25)16(19,20)21/h3-9H,1-2H3. The number of aromatic nitrogens is 4. The zero-order chi connectivity index (χ0) is 19.1. The van der Waals surface area contributed by atoms with E-state index >= 15 is 0 Å². The summed E-state index contributed by atoms with van der Waals surface area (Å²) in [5.41, 5.74) is -0.596. The Morgan fingerprint density at radius 1 is 1.08 bits per heavy atom. The lowest BCUT2D eigenvalue weighted by Crippen LogP contribution is -2.12. The van der Waals surface area contributed by atoms with Gasteiger partial charge >= 0.3 is 6.18 Å². The first-order chi connectivity index (χ1) is 12.2. The van der Waals surface area contributed by atoms with E-state index in [4.69, 9.17) is 4.52 Å². The number of halogens is 5. The minimum atomic E-state index is -4.55. The van der Waals surface area contributed by atoms with Gasteiger partial charge in [0.2, 0.25) is 0 Å². The van der Waals surface area contributed by atoms with E-state index < -0.39 is 35.5 Å². The Balaban J connectivity index is 1.82. The maximum absolute atomic E-state index is 13.4. The summed E-state index contributed by atoms with van der Waals surface area (Å²) in [4.78, 5) is 4.15. The van der Waals surface area contributed by atoms with E-state index in [0.717, 1.165) is 29.1 Å². The molecule has 0 N–H and O–H groups in total. The lowest BCUT2D eigenvalue weighted by atomic mass is 10.0. The Kier molecular flexibility index (Phi) is 4.51. The predicted molar refractivity (Wildman–Crippen MR) is 79.2 cm³/mol. The van der Waals surface area contributed by atoms with E-state index in [1.165, 1.54) is 6.07 Å². The van der Waals surface area contributed by atoms with Gasteiger partial charge in [-0.05, 0) is 30.7 Å². The van der Waals surface area contributed by atoms with Crippen LogP contribution in [-0.4, -0.2) is 19.9 Å². The molecule has 3 aromatic rings. The van der Waals surface area contributed by atoms with Gasteiger partial charge in [-0.1, -0.05) is 18.1 Å². The second-order valence-corrected chi connectivity index (χ2v) is 5.74. The fourth-order valence-electron chi connectivity index (χ4n) is 2.34. The molecule has 0 spiro atoms. The summed E-state index contributed by atoms with van der Waals surface area (Å²) in [5.74, 6) is -2.23. The quantitative estimate of drug-likeness (QED) is 0.640. The Bertz CT molecular complexity index is 918. The first-order valence-corrected chi connectivity index (χ1v) is 7.57. The number of benzene rings is 1. The molecular formula is C16H13F5N4O. The van der Waals surface area contributed by atoms with Crippen LogP contribution in [0.1, 0.15) is 48.8 Å². The van der Waals surface area contributed by atoms with E-state index in [1.807, 2.05) is 0 Å². The zero-order valence-electron chi connectivity index (χ0n) is 13.6. The summed E-state index contributed by atoms with van der Waals surface area (Å²) >= 11 is 0. The van der Waals surface area contributed by atoms with Crippen LogP contribution in [0.5, 0.6) is 0 Å². The van der Waals surface area contributed by atoms with Crippen molar-refractivity contribution in [1.82, 2.24) is 19.9 Å². The summed E-state index contributed by atoms with van der Waals surface area (Å²) in [6.45, 7) is 3.22. The third-order valence-electron chi connectivity index (χ3n) is 3.94. The van der Waals surface area contributed by atoms with Crippen LogP contribution in [0.25, 0.3) is 0 Å². The maximum Gasteiger partial charge on any atom is 0.435 e. The fraction of sp³-hybridized carbons (Fsp3) is 0.312. The molecule has 1 aromatic carbocycles. The van der Waals surface area contributed by atoms with E-state index in [9.17, 15) is 22.0 Å². The van der Waals surface area contributed by atoms with Crippen molar-refractivity contribution in [2.45, 2.75) is 32.0 Å². The number of rotatable bonds is 4. The summed E-state index contributed by atoms with van der Waals surface area (Å²) in [7, 11) is 0. The molecule has 0 saturated heterocycles. The zero-order valence-corrected chi connectivity index (χ0v) is 13.6. The van der Waals surface area contributed by atoms with Crippen molar-refractivity contribution in [3.8, 4) is 0 Å². The summed E-state index contributed by atoms with van der Waals surface area (Å²) in [5, 5.41) is 7.25. The van der Waals surface area contributed by atoms with Crippen LogP contribution in [-0.2, 0) is 6.18 Å². The van der Waals surface area contributed by atoms with Gasteiger partial charge in [-0.25, -0.2) is 8.78 Å². The van der Waals surface area contributed by atoms with Gasteiger partial charge in [-0.2, -0.15) is 23.3 Å². The first kappa shape index (κ1) is 18.0. The average molecular weight is 372 g/mol. The highest BCUT2D eigenvalue weighted by atomic mass is 19.4. The lowest BCUT2D eigenvalue weighted by molar-refractivity contribution is -0.141. The predicted octanol–water partition coefficient (Wildman–Crippen LogP) is 4.32. The van der Waals surface area contributed by atoms with Crippen molar-refractivity contribution in [3.63, 3.8) is 0 Å². The number of hydrogen-bond donors (Lipinski definition) is 0. The number of hydrogen-bond acceptors (Lipinski definition) is 4. The lowest BCUT2D eigenvalue weighted by Gasteiger charge is -2.08. The highest BCUT2D eigenvalue weighted by Gasteiger charge is 2.34. The minimum Gasteiger partial charge on any atom is -0.337 e. The maximum atomic E-state index is 13.4. The van der Waals surface area contributed by atoms with Gasteiger partial charge in [-0.3, -0.25) is 4.68 Å². The molecule has 5 nitrogen and oxygen atoms in total. The van der Waals surface area contributed by atoms with Crippen molar-refractivity contribution in [3.05, 3.63) is 65.1 Å². The van der Waals surface area contributed by atoms with Crippen LogP contribution in [0.4, 0.5) is 22.0 Å². The highest BCUT2D eigenvalue weighted by Crippen LogP contribution is 2.29. The van der Waals surface area contributed by atoms with Crippen LogP contribution in [0.2, 0.25) is 0 Å². The van der Waals surface area contributed by atoms with Gasteiger partial charge < -0.3 is 4.52 Å². The van der Waals surface area contributed by atoms with E-state index in [2.05, 4.69) is 15.2 Å². The van der Waals surface area contributed by atoms with Gasteiger partial charge in [0.1, 0.15) is 6.04 Å². The van der Waals surface area contributed by atoms with Crippen molar-refractivity contribution < 1.29 is 26.5 Å². The van der Waals surface area contributed by atoms with Gasteiger partial charge in [-0.15, -0.1) is 0 Å². The van der Waals surface area contributed by atoms with Gasteiger partial charge in [0.15, 0.2) is 23.2 Å². The highest BCUT2D eigenvalue weighted by molar-refractivity contribution is 5.25. The molecule has 138 valence electrons. The summed E-state index contributed by atoms with van der Waals surface area (Å²) in [6, 6.07) is 3.53. The molecule has 0 radical (unpaired) electrons. The van der Waals surface area contributed by atoms with E-state index in [-0.39, 0.29) is 11.7 Å². The van der Waals surface area contributed by atoms with Gasteiger partial charge in [0.05, 0.1) is 0 Å². The molecule has 0 saturated carbocycles. The Morgan fingerprint density at radius 2 is 1.81 bits per heavy atom. The second kappa shape index (κ2) is 6.50. The molecule has 0 bridgehead atoms. The first-order valence-electron chi connectivity index (χ1n) is 7.57. The molecule has 0 aliphatic heterocycles. The van der Waals surface area contributed by atoms with Crippen molar-refractivity contribution in [2.75, 3.05) is 0 Å². The molecule has 2 aromatic heterocycles. The molecule has 3 rings (SSSR count). The molecular weight excluding hydrogens is 359 g/mol. The molecule has 2 atom stereocenters. The van der Waals surface area contributed by atoms with Crippen LogP contribution in [0, 0.1) is 11.6 Å². The molecule has 0 fully saturated rings. The Hall–Kier alpha value is -2.78. The molecule has 2 unspecified atom stereocenters. The molecule has 0 amide bonds. The smallest absolute Gasteiger partial charge is 0.337 e. The molecule has 26 heavy (non-hydrogen) atoms. The van der Waals surface area contributed by atoms with E-state index in [1.54, 1.807) is 13.8 Å². The third kappa shape index (κ3) is 3.44. The largest absolute Gasteiger partial charge is 0.435 e. The Morgan fingerprint density at radius 3 is 2.42 bits per heavy atom. The number of alkyl halides is 3. The van der Waals surface area contributed by atoms with Crippen LogP contribution in [0.15, 0.2) is 35.0 Å². The minimum absolute atomic E-state index is 0.0475. The van der Waals surface area contributed by atoms with Crippen LogP contribution >= 0.6 is 0 Å². The van der Waals surface area contributed by atoms with Crippen molar-refractivity contribution in [2.24, 2.45) is 0 Å². The van der Waals surface area contributed by atoms with Crippen LogP contribution in [0.3, 0.4) is 0 Å². The SMILES string of the molecule is CC(c1ccc(F)c(F)c1)c1noc(C(C)n2ccc(C(F)(F)F)n2)n1. The van der Waals surface area contributed by atoms with Crippen molar-refractivity contribution in [1.29, 1.82) is 0 Å². The molecule has 10 heteroatoms. The normalized spacial score (nSPS) is 14.4. The van der Waals surface area contributed by atoms with Gasteiger partial charge in [0.25, 0.3) is 5.89 Å². The average Bonchev–Trinajstić information content (AvgIpc) is 3.25. The van der Waals surface area contributed by atoms with Crippen LogP contribution < -0.4 is 0 Å². The van der Waals surface area contributed by atoms with Gasteiger partial charge in [0, 0.05) is 12.1 Å². The van der Waals surface area contributed by atoms with Crippen molar-refractivity contribution >= 4 is 0 Å². The summed E-state index contributed by atoms with van der Waals surface area (Å²) in [6.07, 6.45) is -3.39. The fourth-order valence-corrected chi connectivity index (χ4v) is 2.34. The molecule has 0 aliphatic rings. The third-order valence-corrected chi connectivity index (χ3v) is 3.94. The molecule has 2 heterocycles. The monoisotopic (exact) mass is 372 g/mol. The van der Waals surface area contributed by atoms with E-state index in [0.29, 0.717) is 5.56 Å². The number of nitrogens with zero attached hydrogens (tertiary/aromatic N) is 4. The second-order valence-electron chi connectivity index (χ2n) is 5.74. The topological polar surface area (TPSA) is 56.7 Å².